The third-order valence-corrected chi connectivity index (χ3v) is 5.54. The fourth-order valence-electron chi connectivity index (χ4n) is 1.71. The van der Waals surface area contributed by atoms with E-state index in [-0.39, 0.29) is 11.4 Å². The van der Waals surface area contributed by atoms with Crippen LogP contribution < -0.4 is 4.72 Å². The number of nitrogens with one attached hydrogen (secondary N) is 1. The molecule has 1 N–H and O–H groups in total. The van der Waals surface area contributed by atoms with Gasteiger partial charge in [0.25, 0.3) is 0 Å². The lowest BCUT2D eigenvalue weighted by atomic mass is 10.2. The van der Waals surface area contributed by atoms with Crippen LogP contribution in [0.1, 0.15) is 36.0 Å². The number of benzene rings is 1. The van der Waals surface area contributed by atoms with Crippen molar-refractivity contribution in [3.05, 3.63) is 45.7 Å². The first-order chi connectivity index (χ1) is 9.79. The van der Waals surface area contributed by atoms with Crippen LogP contribution in [0.5, 0.6) is 0 Å². The molecule has 0 aliphatic heterocycles. The van der Waals surface area contributed by atoms with Crippen molar-refractivity contribution >= 4 is 21.4 Å². The van der Waals surface area contributed by atoms with E-state index in [9.17, 15) is 12.8 Å². The first-order valence-corrected chi connectivity index (χ1v) is 8.86. The predicted molar refractivity (Wildman–Crippen MR) is 81.4 cm³/mol. The summed E-state index contributed by atoms with van der Waals surface area (Å²) in [6, 6.07) is 3.73. The maximum Gasteiger partial charge on any atom is 0.240 e. The lowest BCUT2D eigenvalue weighted by Gasteiger charge is -2.06. The molecule has 0 bridgehead atoms. The van der Waals surface area contributed by atoms with Crippen LogP contribution in [0, 0.1) is 12.7 Å². The Kier molecular flexibility index (Phi) is 4.75. The van der Waals surface area contributed by atoms with Crippen molar-refractivity contribution in [1.29, 1.82) is 0 Å². The molecule has 1 heterocycles. The molecular weight excluding hydrogens is 311 g/mol. The van der Waals surface area contributed by atoms with Gasteiger partial charge in [-0.15, -0.1) is 11.3 Å². The number of aryl methyl sites for hydroxylation is 1. The van der Waals surface area contributed by atoms with Gasteiger partial charge in [0.1, 0.15) is 5.82 Å². The van der Waals surface area contributed by atoms with Crippen LogP contribution in [-0.2, 0) is 16.6 Å². The molecule has 7 heteroatoms. The van der Waals surface area contributed by atoms with Gasteiger partial charge in [-0.2, -0.15) is 0 Å². The number of halogens is 1. The number of rotatable bonds is 5. The summed E-state index contributed by atoms with van der Waals surface area (Å²) >= 11 is 1.51. The summed E-state index contributed by atoms with van der Waals surface area (Å²) in [6.45, 7) is 5.73. The molecule has 0 saturated heterocycles. The molecule has 0 atom stereocenters. The van der Waals surface area contributed by atoms with Crippen LogP contribution in [-0.4, -0.2) is 13.4 Å². The van der Waals surface area contributed by atoms with Gasteiger partial charge in [-0.1, -0.05) is 13.8 Å². The Labute approximate surface area is 128 Å². The molecule has 0 unspecified atom stereocenters. The van der Waals surface area contributed by atoms with Crippen molar-refractivity contribution in [1.82, 2.24) is 9.71 Å². The normalized spacial score (nSPS) is 12.0. The molecule has 21 heavy (non-hydrogen) atoms. The van der Waals surface area contributed by atoms with Crippen molar-refractivity contribution in [2.45, 2.75) is 38.1 Å². The Balaban J connectivity index is 2.11. The number of sulfonamides is 1. The highest BCUT2D eigenvalue weighted by Crippen LogP contribution is 2.19. The summed E-state index contributed by atoms with van der Waals surface area (Å²) in [5, 5.41) is 2.81. The number of nitrogens with zero attached hydrogens (tertiary/aromatic N) is 1. The molecule has 0 radical (unpaired) electrons. The lowest BCUT2D eigenvalue weighted by molar-refractivity contribution is 0.579. The predicted octanol–water partition coefficient (Wildman–Crippen LogP) is 3.19. The summed E-state index contributed by atoms with van der Waals surface area (Å²) in [6.07, 6.45) is 0. The van der Waals surface area contributed by atoms with E-state index >= 15 is 0 Å². The summed E-state index contributed by atoms with van der Waals surface area (Å²) in [4.78, 5) is 4.43. The topological polar surface area (TPSA) is 59.1 Å². The molecule has 2 rings (SSSR count). The fraction of sp³-hybridized carbons (Fsp3) is 0.357. The van der Waals surface area contributed by atoms with Gasteiger partial charge in [0.2, 0.25) is 10.0 Å². The van der Waals surface area contributed by atoms with Crippen molar-refractivity contribution in [2.24, 2.45) is 0 Å². The molecule has 1 aromatic heterocycles. The van der Waals surface area contributed by atoms with Crippen LogP contribution in [0.3, 0.4) is 0 Å². The minimum absolute atomic E-state index is 0.0562. The average Bonchev–Trinajstić information content (AvgIpc) is 2.89. The van der Waals surface area contributed by atoms with E-state index in [1.807, 2.05) is 19.2 Å². The van der Waals surface area contributed by atoms with Crippen LogP contribution >= 0.6 is 11.3 Å². The average molecular weight is 328 g/mol. The minimum atomic E-state index is -3.66. The third-order valence-electron chi connectivity index (χ3n) is 2.95. The maximum absolute atomic E-state index is 13.2. The van der Waals surface area contributed by atoms with Crippen LogP contribution in [0.4, 0.5) is 4.39 Å². The molecule has 0 aliphatic rings. The van der Waals surface area contributed by atoms with Crippen molar-refractivity contribution in [2.75, 3.05) is 0 Å². The van der Waals surface area contributed by atoms with E-state index < -0.39 is 15.8 Å². The molecule has 114 valence electrons. The van der Waals surface area contributed by atoms with Gasteiger partial charge in [0.05, 0.1) is 22.1 Å². The second-order valence-corrected chi connectivity index (χ2v) is 7.72. The minimum Gasteiger partial charge on any atom is -0.245 e. The molecular formula is C14H17FN2O2S2. The quantitative estimate of drug-likeness (QED) is 0.917. The first-order valence-electron chi connectivity index (χ1n) is 6.49. The molecule has 2 aromatic rings. The Morgan fingerprint density at radius 1 is 1.38 bits per heavy atom. The highest BCUT2D eigenvalue weighted by molar-refractivity contribution is 7.89. The van der Waals surface area contributed by atoms with Gasteiger partial charge in [0, 0.05) is 11.3 Å². The largest absolute Gasteiger partial charge is 0.245 e. The van der Waals surface area contributed by atoms with Gasteiger partial charge < -0.3 is 0 Å². The van der Waals surface area contributed by atoms with Crippen molar-refractivity contribution < 1.29 is 12.8 Å². The molecule has 0 amide bonds. The lowest BCUT2D eigenvalue weighted by Crippen LogP contribution is -2.23. The summed E-state index contributed by atoms with van der Waals surface area (Å²) in [5.74, 6) is -0.102. The zero-order valence-corrected chi connectivity index (χ0v) is 13.7. The van der Waals surface area contributed by atoms with Crippen molar-refractivity contribution in [3.8, 4) is 0 Å². The zero-order valence-electron chi connectivity index (χ0n) is 12.1. The monoisotopic (exact) mass is 328 g/mol. The Morgan fingerprint density at radius 3 is 2.67 bits per heavy atom. The van der Waals surface area contributed by atoms with Crippen LogP contribution in [0.25, 0.3) is 0 Å². The number of aromatic nitrogens is 1. The number of hydrogen-bond donors (Lipinski definition) is 1. The summed E-state index contributed by atoms with van der Waals surface area (Å²) in [7, 11) is -3.66. The zero-order chi connectivity index (χ0) is 15.6. The van der Waals surface area contributed by atoms with Crippen molar-refractivity contribution in [3.63, 3.8) is 0 Å². The third kappa shape index (κ3) is 3.87. The molecule has 4 nitrogen and oxygen atoms in total. The smallest absolute Gasteiger partial charge is 0.240 e. The fourth-order valence-corrected chi connectivity index (χ4v) is 3.62. The van der Waals surface area contributed by atoms with E-state index in [2.05, 4.69) is 9.71 Å². The van der Waals surface area contributed by atoms with Gasteiger partial charge in [0.15, 0.2) is 0 Å². The SMILES string of the molecule is Cc1cc(S(=O)(=O)NCc2csc(C(C)C)n2)ccc1F. The second kappa shape index (κ2) is 6.21. The maximum atomic E-state index is 13.2. The summed E-state index contributed by atoms with van der Waals surface area (Å²) in [5.41, 5.74) is 0.986. The van der Waals surface area contributed by atoms with Gasteiger partial charge >= 0.3 is 0 Å². The molecule has 0 saturated carbocycles. The molecule has 0 aliphatic carbocycles. The molecule has 0 spiro atoms. The van der Waals surface area contributed by atoms with Gasteiger partial charge in [-0.3, -0.25) is 0 Å². The summed E-state index contributed by atoms with van der Waals surface area (Å²) < 4.78 is 40.0. The van der Waals surface area contributed by atoms with E-state index in [1.165, 1.54) is 30.4 Å². The molecule has 1 aromatic carbocycles. The highest BCUT2D eigenvalue weighted by Gasteiger charge is 2.16. The van der Waals surface area contributed by atoms with Crippen LogP contribution in [0.2, 0.25) is 0 Å². The van der Waals surface area contributed by atoms with E-state index in [0.717, 1.165) is 11.1 Å². The van der Waals surface area contributed by atoms with E-state index in [1.54, 1.807) is 0 Å². The van der Waals surface area contributed by atoms with Gasteiger partial charge in [-0.05, 0) is 30.7 Å². The van der Waals surface area contributed by atoms with Gasteiger partial charge in [-0.25, -0.2) is 22.5 Å². The highest BCUT2D eigenvalue weighted by atomic mass is 32.2. The van der Waals surface area contributed by atoms with E-state index in [0.29, 0.717) is 17.2 Å². The number of thiazole rings is 1. The Bertz CT molecular complexity index is 739. The Morgan fingerprint density at radius 2 is 2.10 bits per heavy atom. The Hall–Kier alpha value is -1.31. The van der Waals surface area contributed by atoms with Crippen LogP contribution in [0.15, 0.2) is 28.5 Å². The second-order valence-electron chi connectivity index (χ2n) is 5.07. The first kappa shape index (κ1) is 16.1. The standard InChI is InChI=1S/C14H17FN2O2S2/c1-9(2)14-17-11(8-20-14)7-16-21(18,19)12-4-5-13(15)10(3)6-12/h4-6,8-9,16H,7H2,1-3H3. The number of hydrogen-bond acceptors (Lipinski definition) is 4. The molecule has 0 fully saturated rings. The van der Waals surface area contributed by atoms with E-state index in [4.69, 9.17) is 0 Å².